The molecule has 0 aliphatic carbocycles. The first kappa shape index (κ1) is 16.9. The summed E-state index contributed by atoms with van der Waals surface area (Å²) in [5, 5.41) is 4.35. The van der Waals surface area contributed by atoms with Gasteiger partial charge in [0, 0.05) is 24.6 Å². The van der Waals surface area contributed by atoms with Crippen molar-refractivity contribution >= 4 is 16.9 Å². The van der Waals surface area contributed by atoms with Crippen molar-refractivity contribution in [3.63, 3.8) is 0 Å². The summed E-state index contributed by atoms with van der Waals surface area (Å²) in [5.74, 6) is 1.62. The van der Waals surface area contributed by atoms with E-state index >= 15 is 0 Å². The van der Waals surface area contributed by atoms with Crippen molar-refractivity contribution in [2.45, 2.75) is 25.6 Å². The van der Waals surface area contributed by atoms with E-state index in [9.17, 15) is 0 Å². The van der Waals surface area contributed by atoms with Gasteiger partial charge in [-0.25, -0.2) is 10.9 Å². The van der Waals surface area contributed by atoms with E-state index in [4.69, 9.17) is 9.47 Å². The van der Waals surface area contributed by atoms with Gasteiger partial charge in [-0.15, -0.1) is 0 Å². The molecule has 0 spiro atoms. The summed E-state index contributed by atoms with van der Waals surface area (Å²) in [5.41, 5.74) is 7.68. The van der Waals surface area contributed by atoms with Gasteiger partial charge in [0.25, 0.3) is 0 Å². The molecule has 2 atom stereocenters. The van der Waals surface area contributed by atoms with E-state index in [-0.39, 0.29) is 12.2 Å². The van der Waals surface area contributed by atoms with Crippen LogP contribution in [0.4, 0.5) is 0 Å². The van der Waals surface area contributed by atoms with Crippen LogP contribution in [0.25, 0.3) is 0 Å². The van der Waals surface area contributed by atoms with Gasteiger partial charge in [0.1, 0.15) is 11.5 Å². The van der Waals surface area contributed by atoms with Crippen molar-refractivity contribution in [1.29, 1.82) is 0 Å². The molecule has 2 unspecified atom stereocenters. The lowest BCUT2D eigenvalue weighted by Gasteiger charge is -2.16. The average molecular weight is 324 g/mol. The van der Waals surface area contributed by atoms with Gasteiger partial charge in [0.2, 0.25) is 0 Å². The Morgan fingerprint density at radius 3 is 2.82 bits per heavy atom. The number of hydrazine groups is 1. The monoisotopic (exact) mass is 324 g/mol. The predicted molar refractivity (Wildman–Crippen MR) is 91.6 cm³/mol. The SMILES string of the molecule is CCN=C(NC1CC(c2ccc(OC)cc2OC)NN1)SC. The zero-order chi connectivity index (χ0) is 15.9. The van der Waals surface area contributed by atoms with Crippen LogP contribution < -0.4 is 25.6 Å². The first-order chi connectivity index (χ1) is 10.7. The van der Waals surface area contributed by atoms with E-state index < -0.39 is 0 Å². The highest BCUT2D eigenvalue weighted by Gasteiger charge is 2.27. The Bertz CT molecular complexity index is 524. The molecule has 22 heavy (non-hydrogen) atoms. The van der Waals surface area contributed by atoms with Crippen LogP contribution in [0.5, 0.6) is 11.5 Å². The maximum atomic E-state index is 5.48. The Hall–Kier alpha value is -1.44. The zero-order valence-electron chi connectivity index (χ0n) is 13.5. The minimum Gasteiger partial charge on any atom is -0.497 e. The molecule has 0 amide bonds. The number of hydrogen-bond acceptors (Lipinski definition) is 6. The number of benzene rings is 1. The van der Waals surface area contributed by atoms with Gasteiger partial charge < -0.3 is 14.8 Å². The Labute approximate surface area is 136 Å². The molecule has 6 nitrogen and oxygen atoms in total. The zero-order valence-corrected chi connectivity index (χ0v) is 14.3. The number of aliphatic imine (C=N–C) groups is 1. The van der Waals surface area contributed by atoms with Gasteiger partial charge in [-0.2, -0.15) is 0 Å². The topological polar surface area (TPSA) is 66.9 Å². The third-order valence-electron chi connectivity index (χ3n) is 3.51. The van der Waals surface area contributed by atoms with Crippen LogP contribution in [0.15, 0.2) is 23.2 Å². The third-order valence-corrected chi connectivity index (χ3v) is 4.15. The summed E-state index contributed by atoms with van der Waals surface area (Å²) in [7, 11) is 3.33. The summed E-state index contributed by atoms with van der Waals surface area (Å²) in [6.45, 7) is 2.81. The average Bonchev–Trinajstić information content (AvgIpc) is 3.02. The number of nitrogens with one attached hydrogen (secondary N) is 3. The van der Waals surface area contributed by atoms with Crippen molar-refractivity contribution in [3.8, 4) is 11.5 Å². The van der Waals surface area contributed by atoms with Gasteiger partial charge in [-0.1, -0.05) is 17.8 Å². The van der Waals surface area contributed by atoms with Gasteiger partial charge in [-0.05, 0) is 19.2 Å². The lowest BCUT2D eigenvalue weighted by atomic mass is 10.0. The number of amidine groups is 1. The van der Waals surface area contributed by atoms with Crippen LogP contribution in [0.1, 0.15) is 24.9 Å². The lowest BCUT2D eigenvalue weighted by Crippen LogP contribution is -2.43. The second-order valence-electron chi connectivity index (χ2n) is 4.87. The number of rotatable bonds is 5. The predicted octanol–water partition coefficient (Wildman–Crippen LogP) is 1.90. The number of hydrogen-bond donors (Lipinski definition) is 3. The summed E-state index contributed by atoms with van der Waals surface area (Å²) in [6, 6.07) is 6.06. The molecule has 0 aromatic heterocycles. The van der Waals surface area contributed by atoms with E-state index in [1.54, 1.807) is 26.0 Å². The maximum Gasteiger partial charge on any atom is 0.157 e. The number of thioether (sulfide) groups is 1. The largest absolute Gasteiger partial charge is 0.497 e. The fourth-order valence-corrected chi connectivity index (χ4v) is 2.94. The summed E-state index contributed by atoms with van der Waals surface area (Å²) >= 11 is 1.62. The highest BCUT2D eigenvalue weighted by atomic mass is 32.2. The molecule has 1 aliphatic rings. The molecular formula is C15H24N4O2S. The Morgan fingerprint density at radius 2 is 2.18 bits per heavy atom. The first-order valence-corrected chi connectivity index (χ1v) is 8.52. The first-order valence-electron chi connectivity index (χ1n) is 7.29. The molecule has 1 aromatic carbocycles. The molecule has 0 radical (unpaired) electrons. The van der Waals surface area contributed by atoms with E-state index in [1.165, 1.54) is 0 Å². The van der Waals surface area contributed by atoms with Gasteiger partial charge >= 0.3 is 0 Å². The van der Waals surface area contributed by atoms with E-state index in [1.807, 2.05) is 31.4 Å². The second kappa shape index (κ2) is 8.26. The summed E-state index contributed by atoms with van der Waals surface area (Å²) < 4.78 is 10.7. The minimum absolute atomic E-state index is 0.134. The van der Waals surface area contributed by atoms with E-state index in [0.717, 1.165) is 35.2 Å². The van der Waals surface area contributed by atoms with E-state index in [2.05, 4.69) is 21.2 Å². The third kappa shape index (κ3) is 4.06. The molecular weight excluding hydrogens is 300 g/mol. The van der Waals surface area contributed by atoms with Crippen molar-refractivity contribution in [3.05, 3.63) is 23.8 Å². The molecule has 1 aromatic rings. The van der Waals surface area contributed by atoms with Crippen LogP contribution in [0.2, 0.25) is 0 Å². The highest BCUT2D eigenvalue weighted by Crippen LogP contribution is 2.32. The number of methoxy groups -OCH3 is 2. The molecule has 3 N–H and O–H groups in total. The summed E-state index contributed by atoms with van der Waals surface area (Å²) in [6.07, 6.45) is 3.05. The van der Waals surface area contributed by atoms with Crippen LogP contribution in [0.3, 0.4) is 0 Å². The lowest BCUT2D eigenvalue weighted by molar-refractivity contribution is 0.386. The molecule has 1 heterocycles. The van der Waals surface area contributed by atoms with Crippen LogP contribution in [0, 0.1) is 0 Å². The minimum atomic E-state index is 0.134. The van der Waals surface area contributed by atoms with E-state index in [0.29, 0.717) is 0 Å². The molecule has 7 heteroatoms. The Balaban J connectivity index is 2.05. The highest BCUT2D eigenvalue weighted by molar-refractivity contribution is 8.13. The van der Waals surface area contributed by atoms with Crippen molar-refractivity contribution < 1.29 is 9.47 Å². The van der Waals surface area contributed by atoms with Crippen molar-refractivity contribution in [2.75, 3.05) is 27.0 Å². The van der Waals surface area contributed by atoms with Gasteiger partial charge in [-0.3, -0.25) is 4.99 Å². The fraction of sp³-hybridized carbons (Fsp3) is 0.533. The molecule has 1 saturated heterocycles. The Kier molecular flexibility index (Phi) is 6.35. The molecule has 1 aliphatic heterocycles. The fourth-order valence-electron chi connectivity index (χ4n) is 2.42. The van der Waals surface area contributed by atoms with Gasteiger partial charge in [0.05, 0.1) is 26.4 Å². The molecule has 0 bridgehead atoms. The van der Waals surface area contributed by atoms with Crippen LogP contribution in [-0.2, 0) is 0 Å². The summed E-state index contributed by atoms with van der Waals surface area (Å²) in [4.78, 5) is 4.42. The van der Waals surface area contributed by atoms with Crippen LogP contribution in [-0.4, -0.2) is 38.4 Å². The second-order valence-corrected chi connectivity index (χ2v) is 5.66. The normalized spacial score (nSPS) is 21.7. The number of nitrogens with zero attached hydrogens (tertiary/aromatic N) is 1. The van der Waals surface area contributed by atoms with Gasteiger partial charge in [0.15, 0.2) is 5.17 Å². The number of ether oxygens (including phenoxy) is 2. The molecule has 122 valence electrons. The standard InChI is InChI=1S/C15H24N4O2S/c1-5-16-15(22-4)17-14-9-12(18-19-14)11-7-6-10(20-2)8-13(11)21-3/h6-8,12,14,18-19H,5,9H2,1-4H3,(H,16,17). The van der Waals surface area contributed by atoms with Crippen molar-refractivity contribution in [2.24, 2.45) is 4.99 Å². The maximum absolute atomic E-state index is 5.48. The quantitative estimate of drug-likeness (QED) is 0.568. The Morgan fingerprint density at radius 1 is 1.36 bits per heavy atom. The molecule has 1 fully saturated rings. The molecule has 0 saturated carbocycles. The smallest absolute Gasteiger partial charge is 0.157 e. The molecule has 2 rings (SSSR count). The van der Waals surface area contributed by atoms with Crippen molar-refractivity contribution in [1.82, 2.24) is 16.2 Å². The van der Waals surface area contributed by atoms with Crippen LogP contribution >= 0.6 is 11.8 Å².